The molecular formula is C26H26N6O6S2. The highest BCUT2D eigenvalue weighted by molar-refractivity contribution is 8.00. The predicted octanol–water partition coefficient (Wildman–Crippen LogP) is 3.26. The number of benzene rings is 2. The van der Waals surface area contributed by atoms with E-state index in [1.165, 1.54) is 45.6 Å². The third kappa shape index (κ3) is 6.21. The average Bonchev–Trinajstić information content (AvgIpc) is 2.94. The summed E-state index contributed by atoms with van der Waals surface area (Å²) in [6, 6.07) is 12.7. The van der Waals surface area contributed by atoms with Crippen molar-refractivity contribution < 1.29 is 27.4 Å². The molecule has 40 heavy (non-hydrogen) atoms. The van der Waals surface area contributed by atoms with Gasteiger partial charge >= 0.3 is 0 Å². The number of amides is 1. The van der Waals surface area contributed by atoms with Crippen LogP contribution in [0.25, 0.3) is 11.1 Å². The summed E-state index contributed by atoms with van der Waals surface area (Å²) in [5, 5.41) is 27.3. The Morgan fingerprint density at radius 3 is 2.08 bits per heavy atom. The minimum Gasteiger partial charge on any atom is -0.493 e. The van der Waals surface area contributed by atoms with Crippen molar-refractivity contribution in [1.82, 2.24) is 4.98 Å². The van der Waals surface area contributed by atoms with Crippen LogP contribution in [0.15, 0.2) is 46.3 Å². The highest BCUT2D eigenvalue weighted by Crippen LogP contribution is 2.44. The first-order chi connectivity index (χ1) is 19.0. The Morgan fingerprint density at radius 2 is 1.62 bits per heavy atom. The number of primary sulfonamides is 1. The maximum Gasteiger partial charge on any atom is 0.238 e. The van der Waals surface area contributed by atoms with Crippen molar-refractivity contribution in [2.75, 3.05) is 32.4 Å². The maximum atomic E-state index is 13.1. The number of nitrogens with one attached hydrogen (secondary N) is 1. The van der Waals surface area contributed by atoms with Gasteiger partial charge in [-0.05, 0) is 48.4 Å². The van der Waals surface area contributed by atoms with E-state index >= 15 is 0 Å². The molecule has 3 aromatic rings. The lowest BCUT2D eigenvalue weighted by Crippen LogP contribution is -2.25. The summed E-state index contributed by atoms with van der Waals surface area (Å²) in [4.78, 5) is 17.3. The van der Waals surface area contributed by atoms with Crippen molar-refractivity contribution in [3.63, 3.8) is 0 Å². The first-order valence-corrected chi connectivity index (χ1v) is 14.0. The summed E-state index contributed by atoms with van der Waals surface area (Å²) < 4.78 is 39.2. The van der Waals surface area contributed by atoms with E-state index in [1.54, 1.807) is 19.1 Å². The van der Waals surface area contributed by atoms with E-state index < -0.39 is 21.2 Å². The monoisotopic (exact) mass is 582 g/mol. The highest BCUT2D eigenvalue weighted by atomic mass is 32.2. The Hall–Kier alpha value is -4.50. The second-order valence-electron chi connectivity index (χ2n) is 8.14. The molecule has 12 nitrogen and oxygen atoms in total. The number of methoxy groups -OCH3 is 3. The quantitative estimate of drug-likeness (QED) is 0.296. The van der Waals surface area contributed by atoms with E-state index in [0.29, 0.717) is 34.9 Å². The number of carbonyl (C=O) groups excluding carboxylic acids is 1. The van der Waals surface area contributed by atoms with Crippen LogP contribution >= 0.6 is 11.8 Å². The molecule has 1 unspecified atom stereocenters. The zero-order chi connectivity index (χ0) is 29.6. The third-order valence-corrected chi connectivity index (χ3v) is 8.02. The fourth-order valence-corrected chi connectivity index (χ4v) is 5.34. The summed E-state index contributed by atoms with van der Waals surface area (Å²) in [7, 11) is 0.443. The Labute approximate surface area is 235 Å². The minimum absolute atomic E-state index is 0.0254. The van der Waals surface area contributed by atoms with E-state index in [9.17, 15) is 23.7 Å². The molecule has 1 amide bonds. The molecule has 5 N–H and O–H groups in total. The third-order valence-electron chi connectivity index (χ3n) is 5.74. The molecule has 208 valence electrons. The van der Waals surface area contributed by atoms with Crippen LogP contribution in [0, 0.1) is 22.7 Å². The van der Waals surface area contributed by atoms with Gasteiger partial charge in [-0.2, -0.15) is 10.5 Å². The molecule has 0 saturated heterocycles. The normalized spacial score (nSPS) is 11.6. The van der Waals surface area contributed by atoms with Crippen LogP contribution in [-0.4, -0.2) is 45.9 Å². The van der Waals surface area contributed by atoms with Crippen LogP contribution in [0.2, 0.25) is 0 Å². The van der Waals surface area contributed by atoms with Crippen molar-refractivity contribution in [2.45, 2.75) is 28.5 Å². The fraction of sp³-hybridized carbons (Fsp3) is 0.231. The molecule has 0 radical (unpaired) electrons. The molecule has 1 aromatic heterocycles. The Balaban J connectivity index is 2.06. The van der Waals surface area contributed by atoms with Gasteiger partial charge in [-0.1, -0.05) is 18.7 Å². The molecule has 0 spiro atoms. The van der Waals surface area contributed by atoms with Gasteiger partial charge in [-0.15, -0.1) is 0 Å². The van der Waals surface area contributed by atoms with Crippen LogP contribution in [0.4, 0.5) is 11.5 Å². The number of sulfonamides is 1. The smallest absolute Gasteiger partial charge is 0.238 e. The number of pyridine rings is 1. The fourth-order valence-electron chi connectivity index (χ4n) is 3.81. The second kappa shape index (κ2) is 12.6. The van der Waals surface area contributed by atoms with Gasteiger partial charge in [0.05, 0.1) is 37.0 Å². The Kier molecular flexibility index (Phi) is 9.44. The molecule has 1 atom stereocenters. The van der Waals surface area contributed by atoms with Crippen molar-refractivity contribution in [2.24, 2.45) is 5.14 Å². The molecule has 0 aliphatic heterocycles. The number of carbonyl (C=O) groups is 1. The summed E-state index contributed by atoms with van der Waals surface area (Å²) in [6.07, 6.45) is 0.345. The molecular weight excluding hydrogens is 556 g/mol. The van der Waals surface area contributed by atoms with E-state index in [-0.39, 0.29) is 32.4 Å². The number of hydrogen-bond acceptors (Lipinski definition) is 11. The van der Waals surface area contributed by atoms with Gasteiger partial charge < -0.3 is 25.3 Å². The highest BCUT2D eigenvalue weighted by Gasteiger charge is 2.27. The molecule has 0 fully saturated rings. The largest absolute Gasteiger partial charge is 0.493 e. The number of anilines is 2. The summed E-state index contributed by atoms with van der Waals surface area (Å²) >= 11 is 1.01. The predicted molar refractivity (Wildman–Crippen MR) is 150 cm³/mol. The first-order valence-electron chi connectivity index (χ1n) is 11.6. The Bertz CT molecular complexity index is 1600. The number of nitriles is 2. The number of aromatic nitrogens is 1. The lowest BCUT2D eigenvalue weighted by Gasteiger charge is -2.19. The summed E-state index contributed by atoms with van der Waals surface area (Å²) in [5.41, 5.74) is 7.11. The van der Waals surface area contributed by atoms with Crippen LogP contribution in [0.3, 0.4) is 0 Å². The lowest BCUT2D eigenvalue weighted by atomic mass is 9.96. The van der Waals surface area contributed by atoms with Gasteiger partial charge in [-0.3, -0.25) is 4.79 Å². The molecule has 1 heterocycles. The molecule has 0 bridgehead atoms. The molecule has 0 aliphatic carbocycles. The van der Waals surface area contributed by atoms with Crippen molar-refractivity contribution in [3.8, 4) is 40.5 Å². The van der Waals surface area contributed by atoms with Crippen LogP contribution in [0.1, 0.15) is 24.5 Å². The zero-order valence-corrected chi connectivity index (χ0v) is 23.6. The van der Waals surface area contributed by atoms with E-state index in [2.05, 4.69) is 16.4 Å². The number of rotatable bonds is 10. The standard InChI is InChI=1S/C26H26N6O6S2/c1-5-21(25(33)31-15-6-8-16(9-7-15)40(30,34)35)39-26-18(13-28)22(17(12-27)24(29)32-26)14-10-19(36-2)23(38-4)20(11-14)37-3/h6-11,21H,5H2,1-4H3,(H2,29,32)(H,31,33)(H2,30,34,35). The second-order valence-corrected chi connectivity index (χ2v) is 10.9. The number of ether oxygens (including phenoxy) is 3. The van der Waals surface area contributed by atoms with Gasteiger partial charge in [0.25, 0.3) is 0 Å². The molecule has 0 saturated carbocycles. The molecule has 0 aliphatic rings. The molecule has 3 rings (SSSR count). The van der Waals surface area contributed by atoms with Gasteiger partial charge in [-0.25, -0.2) is 18.5 Å². The van der Waals surface area contributed by atoms with E-state index in [0.717, 1.165) is 11.8 Å². The van der Waals surface area contributed by atoms with E-state index in [1.807, 2.05) is 6.07 Å². The van der Waals surface area contributed by atoms with Crippen LogP contribution in [-0.2, 0) is 14.8 Å². The first kappa shape index (κ1) is 30.0. The number of thioether (sulfide) groups is 1. The van der Waals surface area contributed by atoms with Crippen molar-refractivity contribution in [3.05, 3.63) is 47.5 Å². The number of nitrogen functional groups attached to an aromatic ring is 1. The van der Waals surface area contributed by atoms with E-state index in [4.69, 9.17) is 25.1 Å². The van der Waals surface area contributed by atoms with Gasteiger partial charge in [0.1, 0.15) is 28.5 Å². The summed E-state index contributed by atoms with van der Waals surface area (Å²) in [5.74, 6) is 0.379. The van der Waals surface area contributed by atoms with Crippen LogP contribution in [0.5, 0.6) is 17.2 Å². The number of nitrogens with two attached hydrogens (primary N) is 2. The Morgan fingerprint density at radius 1 is 1.05 bits per heavy atom. The maximum absolute atomic E-state index is 13.1. The van der Waals surface area contributed by atoms with Gasteiger partial charge in [0.2, 0.25) is 21.7 Å². The van der Waals surface area contributed by atoms with Crippen molar-refractivity contribution >= 4 is 39.2 Å². The average molecular weight is 583 g/mol. The van der Waals surface area contributed by atoms with Crippen LogP contribution < -0.4 is 30.4 Å². The zero-order valence-electron chi connectivity index (χ0n) is 22.0. The molecule has 14 heteroatoms. The topological polar surface area (TPSA) is 203 Å². The lowest BCUT2D eigenvalue weighted by molar-refractivity contribution is -0.115. The number of nitrogens with zero attached hydrogens (tertiary/aromatic N) is 3. The molecule has 2 aromatic carbocycles. The SMILES string of the molecule is CCC(Sc1nc(N)c(C#N)c(-c2cc(OC)c(OC)c(OC)c2)c1C#N)C(=O)Nc1ccc(S(N)(=O)=O)cc1. The van der Waals surface area contributed by atoms with Crippen molar-refractivity contribution in [1.29, 1.82) is 10.5 Å². The summed E-state index contributed by atoms with van der Waals surface area (Å²) in [6.45, 7) is 1.78. The number of hydrogen-bond donors (Lipinski definition) is 3. The van der Waals surface area contributed by atoms with Gasteiger partial charge in [0.15, 0.2) is 11.5 Å². The van der Waals surface area contributed by atoms with Gasteiger partial charge in [0, 0.05) is 11.3 Å². The minimum atomic E-state index is -3.88.